The van der Waals surface area contributed by atoms with Gasteiger partial charge in [0.15, 0.2) is 0 Å². The summed E-state index contributed by atoms with van der Waals surface area (Å²) in [6.07, 6.45) is -5.64. The first-order valence-corrected chi connectivity index (χ1v) is 9.44. The molecule has 0 saturated heterocycles. The Kier molecular flexibility index (Phi) is 6.94. The first kappa shape index (κ1) is 22.0. The van der Waals surface area contributed by atoms with Crippen molar-refractivity contribution < 1.29 is 27.4 Å². The molecule has 0 fully saturated rings. The third-order valence-electron chi connectivity index (χ3n) is 4.55. The molecule has 0 amide bonds. The molecule has 3 rings (SSSR count). The van der Waals surface area contributed by atoms with Gasteiger partial charge in [0.2, 0.25) is 5.82 Å². The van der Waals surface area contributed by atoms with Crippen LogP contribution in [0.5, 0.6) is 5.75 Å². The molecule has 9 heteroatoms. The molecule has 0 spiro atoms. The van der Waals surface area contributed by atoms with Crippen LogP contribution in [0.15, 0.2) is 48.5 Å². The second kappa shape index (κ2) is 9.44. The van der Waals surface area contributed by atoms with Crippen LogP contribution in [0.2, 0.25) is 0 Å². The van der Waals surface area contributed by atoms with Crippen LogP contribution in [0.1, 0.15) is 11.4 Å². The number of likely N-dealkylation sites (N-methyl/N-ethyl adjacent to an activating group) is 1. The van der Waals surface area contributed by atoms with Crippen LogP contribution in [0.4, 0.5) is 17.6 Å². The van der Waals surface area contributed by atoms with Crippen molar-refractivity contribution in [3.63, 3.8) is 0 Å². The van der Waals surface area contributed by atoms with Crippen molar-refractivity contribution in [1.29, 1.82) is 0 Å². The summed E-state index contributed by atoms with van der Waals surface area (Å²) in [5.41, 5.74) is 1.50. The van der Waals surface area contributed by atoms with E-state index in [1.54, 1.807) is 37.4 Å². The van der Waals surface area contributed by atoms with Gasteiger partial charge in [-0.15, -0.1) is 0 Å². The zero-order valence-electron chi connectivity index (χ0n) is 16.4. The predicted molar refractivity (Wildman–Crippen MR) is 105 cm³/mol. The summed E-state index contributed by atoms with van der Waals surface area (Å²) in [7, 11) is 1.77. The maximum Gasteiger partial charge on any atom is 0.449 e. The highest BCUT2D eigenvalue weighted by Crippen LogP contribution is 2.31. The molecule has 0 bridgehead atoms. The smallest absolute Gasteiger partial charge is 0.449 e. The lowest BCUT2D eigenvalue weighted by molar-refractivity contribution is -0.147. The Bertz CT molecular complexity index is 957. The van der Waals surface area contributed by atoms with Crippen molar-refractivity contribution in [2.24, 2.45) is 0 Å². The van der Waals surface area contributed by atoms with Crippen molar-refractivity contribution in [2.45, 2.75) is 25.4 Å². The van der Waals surface area contributed by atoms with Crippen LogP contribution in [0.3, 0.4) is 0 Å². The number of rotatable bonds is 9. The number of ether oxygens (including phenoxy) is 1. The number of aliphatic hydroxyl groups is 1. The maximum absolute atomic E-state index is 13.4. The molecule has 0 radical (unpaired) electrons. The Morgan fingerprint density at radius 2 is 1.83 bits per heavy atom. The fourth-order valence-electron chi connectivity index (χ4n) is 3.33. The minimum atomic E-state index is -4.61. The zero-order chi connectivity index (χ0) is 21.7. The molecule has 162 valence electrons. The summed E-state index contributed by atoms with van der Waals surface area (Å²) in [5, 5.41) is 10.4. The number of para-hydroxylation sites is 2. The lowest BCUT2D eigenvalue weighted by Gasteiger charge is -2.22. The van der Waals surface area contributed by atoms with Gasteiger partial charge in [0, 0.05) is 13.1 Å². The number of benzene rings is 2. The second-order valence-electron chi connectivity index (χ2n) is 7.06. The maximum atomic E-state index is 13.4. The molecule has 3 aromatic rings. The highest BCUT2D eigenvalue weighted by Gasteiger charge is 2.37. The van der Waals surface area contributed by atoms with E-state index in [-0.39, 0.29) is 25.2 Å². The Morgan fingerprint density at radius 3 is 2.50 bits per heavy atom. The van der Waals surface area contributed by atoms with Gasteiger partial charge in [0.05, 0.1) is 23.7 Å². The molecule has 5 nitrogen and oxygen atoms in total. The highest BCUT2D eigenvalue weighted by molar-refractivity contribution is 5.76. The van der Waals surface area contributed by atoms with E-state index < -0.39 is 24.8 Å². The molecule has 1 atom stereocenters. The average Bonchev–Trinajstić information content (AvgIpc) is 3.06. The van der Waals surface area contributed by atoms with Crippen molar-refractivity contribution in [1.82, 2.24) is 14.5 Å². The fourth-order valence-corrected chi connectivity index (χ4v) is 3.33. The van der Waals surface area contributed by atoms with Gasteiger partial charge in [0.1, 0.15) is 19.0 Å². The van der Waals surface area contributed by atoms with Crippen molar-refractivity contribution in [3.05, 3.63) is 59.9 Å². The summed E-state index contributed by atoms with van der Waals surface area (Å²) in [4.78, 5) is 5.51. The molecule has 0 aliphatic rings. The van der Waals surface area contributed by atoms with E-state index in [0.717, 1.165) is 10.1 Å². The average molecular weight is 425 g/mol. The minimum Gasteiger partial charge on any atom is -0.491 e. The van der Waals surface area contributed by atoms with E-state index in [9.17, 15) is 22.7 Å². The topological polar surface area (TPSA) is 50.5 Å². The van der Waals surface area contributed by atoms with Crippen LogP contribution >= 0.6 is 0 Å². The first-order valence-electron chi connectivity index (χ1n) is 9.44. The molecule has 30 heavy (non-hydrogen) atoms. The van der Waals surface area contributed by atoms with Gasteiger partial charge in [-0.3, -0.25) is 4.90 Å². The number of alkyl halides is 4. The zero-order valence-corrected chi connectivity index (χ0v) is 16.4. The summed E-state index contributed by atoms with van der Waals surface area (Å²) in [5.74, 6) is -0.458. The number of imidazole rings is 1. The summed E-state index contributed by atoms with van der Waals surface area (Å²) in [6.45, 7) is -0.143. The fraction of sp³-hybridized carbons (Fsp3) is 0.381. The summed E-state index contributed by atoms with van der Waals surface area (Å²) < 4.78 is 58.5. The standard InChI is InChI=1S/C21H23F4N3O2/c1-27(12-15-6-8-17(9-7-15)30-11-10-22)13-16(29)14-28-19-5-3-2-4-18(19)26-20(28)21(23,24)25/h2-9,16,29H,10-14H2,1H3. The van der Waals surface area contributed by atoms with Crippen molar-refractivity contribution in [3.8, 4) is 5.75 Å². The van der Waals surface area contributed by atoms with Gasteiger partial charge in [0.25, 0.3) is 0 Å². The van der Waals surface area contributed by atoms with E-state index in [2.05, 4.69) is 4.98 Å². The van der Waals surface area contributed by atoms with Gasteiger partial charge in [-0.05, 0) is 36.9 Å². The number of fused-ring (bicyclic) bond motifs is 1. The first-order chi connectivity index (χ1) is 14.3. The van der Waals surface area contributed by atoms with Gasteiger partial charge in [-0.25, -0.2) is 9.37 Å². The second-order valence-corrected chi connectivity index (χ2v) is 7.06. The number of hydrogen-bond acceptors (Lipinski definition) is 4. The van der Waals surface area contributed by atoms with Gasteiger partial charge in [-0.2, -0.15) is 13.2 Å². The Morgan fingerprint density at radius 1 is 1.13 bits per heavy atom. The number of nitrogens with zero attached hydrogens (tertiary/aromatic N) is 3. The molecule has 0 aliphatic heterocycles. The van der Waals surface area contributed by atoms with Crippen molar-refractivity contribution in [2.75, 3.05) is 26.9 Å². The van der Waals surface area contributed by atoms with Crippen molar-refractivity contribution >= 4 is 11.0 Å². The quantitative estimate of drug-likeness (QED) is 0.529. The molecule has 0 saturated carbocycles. The molecule has 2 aromatic carbocycles. The largest absolute Gasteiger partial charge is 0.491 e. The Balaban J connectivity index is 1.65. The van der Waals surface area contributed by atoms with E-state index in [0.29, 0.717) is 17.8 Å². The van der Waals surface area contributed by atoms with Crippen LogP contribution in [0, 0.1) is 0 Å². The Labute approximate surface area is 171 Å². The SMILES string of the molecule is CN(Cc1ccc(OCCF)cc1)CC(O)Cn1c(C(F)(F)F)nc2ccccc21. The monoisotopic (exact) mass is 425 g/mol. The third-order valence-corrected chi connectivity index (χ3v) is 4.55. The third kappa shape index (κ3) is 5.48. The number of hydrogen-bond donors (Lipinski definition) is 1. The van der Waals surface area contributed by atoms with Crippen LogP contribution < -0.4 is 4.74 Å². The van der Waals surface area contributed by atoms with E-state index in [4.69, 9.17) is 4.74 Å². The van der Waals surface area contributed by atoms with E-state index in [1.807, 2.05) is 17.0 Å². The predicted octanol–water partition coefficient (Wildman–Crippen LogP) is 3.90. The highest BCUT2D eigenvalue weighted by atomic mass is 19.4. The number of aromatic nitrogens is 2. The summed E-state index contributed by atoms with van der Waals surface area (Å²) in [6, 6.07) is 13.4. The van der Waals surface area contributed by atoms with Gasteiger partial charge in [-0.1, -0.05) is 24.3 Å². The lowest BCUT2D eigenvalue weighted by Crippen LogP contribution is -2.32. The van der Waals surface area contributed by atoms with Gasteiger partial charge < -0.3 is 14.4 Å². The van der Waals surface area contributed by atoms with Crippen LogP contribution in [0.25, 0.3) is 11.0 Å². The molecule has 1 unspecified atom stereocenters. The summed E-state index contributed by atoms with van der Waals surface area (Å²) >= 11 is 0. The molecule has 1 N–H and O–H groups in total. The van der Waals surface area contributed by atoms with Crippen LogP contribution in [-0.2, 0) is 19.3 Å². The van der Waals surface area contributed by atoms with Crippen LogP contribution in [-0.4, -0.2) is 52.5 Å². The lowest BCUT2D eigenvalue weighted by atomic mass is 10.2. The normalized spacial score (nSPS) is 13.2. The van der Waals surface area contributed by atoms with E-state index in [1.165, 1.54) is 6.07 Å². The Hall–Kier alpha value is -2.65. The minimum absolute atomic E-state index is 0.00567. The van der Waals surface area contributed by atoms with E-state index >= 15 is 0 Å². The number of aliphatic hydroxyl groups excluding tert-OH is 1. The molecule has 0 aliphatic carbocycles. The number of halogens is 4. The molecular weight excluding hydrogens is 402 g/mol. The van der Waals surface area contributed by atoms with Gasteiger partial charge >= 0.3 is 6.18 Å². The molecular formula is C21H23F4N3O2. The molecule has 1 heterocycles. The molecule has 1 aromatic heterocycles.